The first kappa shape index (κ1) is 16.1. The number of aliphatic hydroxyl groups excluding tert-OH is 1. The van der Waals surface area contributed by atoms with Crippen molar-refractivity contribution in [3.8, 4) is 5.75 Å². The van der Waals surface area contributed by atoms with Crippen LogP contribution in [0.3, 0.4) is 0 Å². The number of aromatic nitrogens is 3. The van der Waals surface area contributed by atoms with E-state index in [0.717, 1.165) is 0 Å². The average molecular weight is 330 g/mol. The van der Waals surface area contributed by atoms with Crippen LogP contribution in [0.15, 0.2) is 43.0 Å². The van der Waals surface area contributed by atoms with Crippen molar-refractivity contribution in [2.75, 3.05) is 11.8 Å². The number of aliphatic hydroxyl groups is 1. The van der Waals surface area contributed by atoms with Gasteiger partial charge in [-0.3, -0.25) is 0 Å². The van der Waals surface area contributed by atoms with Gasteiger partial charge in [0.1, 0.15) is 24.5 Å². The number of alkyl halides is 2. The van der Waals surface area contributed by atoms with Crippen molar-refractivity contribution in [1.29, 1.82) is 0 Å². The van der Waals surface area contributed by atoms with Gasteiger partial charge in [-0.15, -0.1) is 23.2 Å². The molecule has 0 radical (unpaired) electrons. The lowest BCUT2D eigenvalue weighted by Crippen LogP contribution is -2.44. The SMILES string of the molecule is CC(CCl)(CCl)C(O)C(Oc1ccccc1)n1cncn1. The molecule has 2 atom stereocenters. The van der Waals surface area contributed by atoms with Gasteiger partial charge in [-0.05, 0) is 12.1 Å². The van der Waals surface area contributed by atoms with Gasteiger partial charge in [0.25, 0.3) is 0 Å². The molecule has 0 aliphatic carbocycles. The van der Waals surface area contributed by atoms with Gasteiger partial charge in [0.2, 0.25) is 6.23 Å². The summed E-state index contributed by atoms with van der Waals surface area (Å²) in [4.78, 5) is 3.90. The van der Waals surface area contributed by atoms with Crippen LogP contribution in [0, 0.1) is 5.41 Å². The maximum absolute atomic E-state index is 10.7. The van der Waals surface area contributed by atoms with Gasteiger partial charge in [-0.25, -0.2) is 9.67 Å². The summed E-state index contributed by atoms with van der Waals surface area (Å²) in [5.74, 6) is 1.01. The number of ether oxygens (including phenoxy) is 1. The van der Waals surface area contributed by atoms with Crippen LogP contribution in [0.4, 0.5) is 0 Å². The minimum Gasteiger partial charge on any atom is -0.466 e. The fourth-order valence-electron chi connectivity index (χ4n) is 1.79. The second kappa shape index (κ2) is 7.11. The number of benzene rings is 1. The van der Waals surface area contributed by atoms with Crippen LogP contribution in [-0.4, -0.2) is 37.7 Å². The van der Waals surface area contributed by atoms with Crippen LogP contribution in [0.2, 0.25) is 0 Å². The molecule has 0 aliphatic rings. The van der Waals surface area contributed by atoms with E-state index in [1.54, 1.807) is 19.1 Å². The predicted octanol–water partition coefficient (Wildman–Crippen LogP) is 2.70. The molecule has 0 spiro atoms. The van der Waals surface area contributed by atoms with Crippen molar-refractivity contribution in [3.05, 3.63) is 43.0 Å². The van der Waals surface area contributed by atoms with Crippen LogP contribution < -0.4 is 4.74 Å². The van der Waals surface area contributed by atoms with Crippen molar-refractivity contribution in [2.45, 2.75) is 19.3 Å². The number of halogens is 2. The molecule has 1 aromatic heterocycles. The van der Waals surface area contributed by atoms with E-state index < -0.39 is 17.7 Å². The van der Waals surface area contributed by atoms with Crippen molar-refractivity contribution < 1.29 is 9.84 Å². The molecule has 0 aliphatic heterocycles. The van der Waals surface area contributed by atoms with Gasteiger partial charge < -0.3 is 9.84 Å². The first-order chi connectivity index (χ1) is 10.1. The zero-order chi connectivity index (χ0) is 15.3. The van der Waals surface area contributed by atoms with Crippen molar-refractivity contribution in [3.63, 3.8) is 0 Å². The van der Waals surface area contributed by atoms with Crippen molar-refractivity contribution in [1.82, 2.24) is 14.8 Å². The third kappa shape index (κ3) is 3.67. The molecule has 114 valence electrons. The Morgan fingerprint density at radius 1 is 1.29 bits per heavy atom. The highest BCUT2D eigenvalue weighted by Gasteiger charge is 2.40. The topological polar surface area (TPSA) is 60.2 Å². The molecule has 0 saturated carbocycles. The van der Waals surface area contributed by atoms with E-state index in [1.165, 1.54) is 17.3 Å². The molecule has 0 saturated heterocycles. The largest absolute Gasteiger partial charge is 0.466 e. The Labute approximate surface area is 133 Å². The summed E-state index contributed by atoms with van der Waals surface area (Å²) in [6, 6.07) is 9.19. The maximum Gasteiger partial charge on any atom is 0.219 e. The molecule has 7 heteroatoms. The fraction of sp³-hybridized carbons (Fsp3) is 0.429. The summed E-state index contributed by atoms with van der Waals surface area (Å²) in [6.07, 6.45) is 1.15. The van der Waals surface area contributed by atoms with Gasteiger partial charge in [0, 0.05) is 17.2 Å². The number of rotatable bonds is 7. The van der Waals surface area contributed by atoms with Crippen molar-refractivity contribution >= 4 is 23.2 Å². The Bertz CT molecular complexity index is 532. The zero-order valence-electron chi connectivity index (χ0n) is 11.6. The minimum atomic E-state index is -0.950. The van der Waals surface area contributed by atoms with Crippen LogP contribution in [0.1, 0.15) is 13.2 Å². The van der Waals surface area contributed by atoms with E-state index in [1.807, 2.05) is 18.2 Å². The highest BCUT2D eigenvalue weighted by Crippen LogP contribution is 2.33. The van der Waals surface area contributed by atoms with E-state index in [-0.39, 0.29) is 11.8 Å². The molecule has 1 aromatic carbocycles. The quantitative estimate of drug-likeness (QED) is 0.793. The summed E-state index contributed by atoms with van der Waals surface area (Å²) in [6.45, 7) is 1.80. The summed E-state index contributed by atoms with van der Waals surface area (Å²) >= 11 is 11.9. The lowest BCUT2D eigenvalue weighted by molar-refractivity contribution is -0.0706. The molecule has 21 heavy (non-hydrogen) atoms. The summed E-state index contributed by atoms with van der Waals surface area (Å²) in [5, 5.41) is 14.7. The zero-order valence-corrected chi connectivity index (χ0v) is 13.1. The fourth-order valence-corrected chi connectivity index (χ4v) is 2.39. The molecule has 1 N–H and O–H groups in total. The lowest BCUT2D eigenvalue weighted by atomic mass is 9.87. The second-order valence-electron chi connectivity index (χ2n) is 5.06. The Morgan fingerprint density at radius 3 is 2.48 bits per heavy atom. The monoisotopic (exact) mass is 329 g/mol. The third-order valence-electron chi connectivity index (χ3n) is 3.29. The lowest BCUT2D eigenvalue weighted by Gasteiger charge is -2.35. The Balaban J connectivity index is 2.29. The Kier molecular flexibility index (Phi) is 5.45. The first-order valence-corrected chi connectivity index (χ1v) is 7.53. The number of para-hydroxylation sites is 1. The maximum atomic E-state index is 10.7. The van der Waals surface area contributed by atoms with Gasteiger partial charge in [0.15, 0.2) is 0 Å². The molecule has 0 bridgehead atoms. The first-order valence-electron chi connectivity index (χ1n) is 6.46. The van der Waals surface area contributed by atoms with E-state index in [9.17, 15) is 5.11 Å². The molecule has 2 unspecified atom stereocenters. The summed E-state index contributed by atoms with van der Waals surface area (Å²) in [7, 11) is 0. The van der Waals surface area contributed by atoms with E-state index in [0.29, 0.717) is 5.75 Å². The summed E-state index contributed by atoms with van der Waals surface area (Å²) in [5.41, 5.74) is -0.714. The van der Waals surface area contributed by atoms with Gasteiger partial charge in [-0.2, -0.15) is 5.10 Å². The molecule has 0 amide bonds. The number of hydrogen-bond acceptors (Lipinski definition) is 4. The van der Waals surface area contributed by atoms with E-state index in [2.05, 4.69) is 10.1 Å². The highest BCUT2D eigenvalue weighted by atomic mass is 35.5. The van der Waals surface area contributed by atoms with Crippen LogP contribution >= 0.6 is 23.2 Å². The van der Waals surface area contributed by atoms with E-state index in [4.69, 9.17) is 27.9 Å². The molecule has 2 aromatic rings. The van der Waals surface area contributed by atoms with Crippen molar-refractivity contribution in [2.24, 2.45) is 5.41 Å². The van der Waals surface area contributed by atoms with Gasteiger partial charge in [-0.1, -0.05) is 25.1 Å². The number of hydrogen-bond donors (Lipinski definition) is 1. The Morgan fingerprint density at radius 2 is 1.95 bits per heavy atom. The minimum absolute atomic E-state index is 0.195. The van der Waals surface area contributed by atoms with Gasteiger partial charge in [0.05, 0.1) is 0 Å². The molecule has 5 nitrogen and oxygen atoms in total. The third-order valence-corrected chi connectivity index (χ3v) is 4.51. The normalized spacial score (nSPS) is 14.7. The van der Waals surface area contributed by atoms with Gasteiger partial charge >= 0.3 is 0 Å². The summed E-state index contributed by atoms with van der Waals surface area (Å²) < 4.78 is 7.32. The number of nitrogens with zero attached hydrogens (tertiary/aromatic N) is 3. The predicted molar refractivity (Wildman–Crippen MR) is 81.7 cm³/mol. The standard InChI is InChI=1S/C14H17Cl2N3O2/c1-14(7-15,8-16)12(20)13(19-10-17-9-18-19)21-11-5-3-2-4-6-11/h2-6,9-10,12-13,20H,7-8H2,1H3. The highest BCUT2D eigenvalue weighted by molar-refractivity contribution is 6.21. The molecule has 0 fully saturated rings. The van der Waals surface area contributed by atoms with Crippen LogP contribution in [0.25, 0.3) is 0 Å². The average Bonchev–Trinajstić information content (AvgIpc) is 3.06. The molecular formula is C14H17Cl2N3O2. The van der Waals surface area contributed by atoms with Crippen LogP contribution in [-0.2, 0) is 0 Å². The molecule has 1 heterocycles. The van der Waals surface area contributed by atoms with Crippen LogP contribution in [0.5, 0.6) is 5.75 Å². The second-order valence-corrected chi connectivity index (χ2v) is 5.60. The molecule has 2 rings (SSSR count). The Hall–Kier alpha value is -1.30. The molecular weight excluding hydrogens is 313 g/mol. The smallest absolute Gasteiger partial charge is 0.219 e. The van der Waals surface area contributed by atoms with E-state index >= 15 is 0 Å².